The summed E-state index contributed by atoms with van der Waals surface area (Å²) in [6.07, 6.45) is 1.54. The van der Waals surface area contributed by atoms with Crippen molar-refractivity contribution in [2.75, 3.05) is 0 Å². The van der Waals surface area contributed by atoms with Gasteiger partial charge in [-0.15, -0.1) is 0 Å². The van der Waals surface area contributed by atoms with E-state index in [0.29, 0.717) is 29.9 Å². The standard InChI is InChI=1S/C16H22O5Si/c1-6-9-10(7-2)14(22(3,4)5)13(16(20)21)12(15(18)19)11(9)8-17/h8H,6-7H2,1-5H3,(H,18,19)(H,20,21). The number of rotatable bonds is 6. The van der Waals surface area contributed by atoms with E-state index in [1.54, 1.807) is 0 Å². The summed E-state index contributed by atoms with van der Waals surface area (Å²) in [5.74, 6) is -2.65. The Hall–Kier alpha value is -1.95. The van der Waals surface area contributed by atoms with Crippen LogP contribution in [0, 0.1) is 0 Å². The molecule has 6 heteroatoms. The zero-order valence-electron chi connectivity index (χ0n) is 13.6. The van der Waals surface area contributed by atoms with E-state index in [9.17, 15) is 24.6 Å². The summed E-state index contributed by atoms with van der Waals surface area (Å²) in [6.45, 7) is 9.71. The molecule has 0 bridgehead atoms. The molecule has 0 heterocycles. The van der Waals surface area contributed by atoms with Crippen LogP contribution in [-0.4, -0.2) is 36.5 Å². The fourth-order valence-electron chi connectivity index (χ4n) is 3.06. The van der Waals surface area contributed by atoms with Gasteiger partial charge in [0.05, 0.1) is 19.2 Å². The first-order valence-electron chi connectivity index (χ1n) is 7.25. The van der Waals surface area contributed by atoms with E-state index in [4.69, 9.17) is 0 Å². The van der Waals surface area contributed by atoms with Gasteiger partial charge >= 0.3 is 11.9 Å². The number of carbonyl (C=O) groups excluding carboxylic acids is 1. The van der Waals surface area contributed by atoms with Crippen molar-refractivity contribution < 1.29 is 24.6 Å². The fourth-order valence-corrected chi connectivity index (χ4v) is 5.28. The van der Waals surface area contributed by atoms with Gasteiger partial charge in [0.2, 0.25) is 0 Å². The lowest BCUT2D eigenvalue weighted by Crippen LogP contribution is -2.46. The summed E-state index contributed by atoms with van der Waals surface area (Å²) in [5, 5.41) is 19.7. The number of hydrogen-bond donors (Lipinski definition) is 2. The van der Waals surface area contributed by atoms with Gasteiger partial charge in [-0.2, -0.15) is 0 Å². The molecule has 22 heavy (non-hydrogen) atoms. The monoisotopic (exact) mass is 322 g/mol. The molecule has 0 spiro atoms. The van der Waals surface area contributed by atoms with Crippen molar-refractivity contribution in [1.82, 2.24) is 0 Å². The first-order chi connectivity index (χ1) is 10.1. The highest BCUT2D eigenvalue weighted by Crippen LogP contribution is 2.26. The summed E-state index contributed by atoms with van der Waals surface area (Å²) in [5.41, 5.74) is 0.923. The molecule has 2 N–H and O–H groups in total. The minimum atomic E-state index is -2.13. The Morgan fingerprint density at radius 3 is 1.68 bits per heavy atom. The van der Waals surface area contributed by atoms with Crippen LogP contribution in [0.2, 0.25) is 19.6 Å². The van der Waals surface area contributed by atoms with Gasteiger partial charge in [0.15, 0.2) is 6.29 Å². The fraction of sp³-hybridized carbons (Fsp3) is 0.438. The maximum absolute atomic E-state index is 11.8. The van der Waals surface area contributed by atoms with Crippen LogP contribution in [-0.2, 0) is 12.8 Å². The lowest BCUT2D eigenvalue weighted by Gasteiger charge is -2.27. The zero-order chi connectivity index (χ0) is 17.2. The van der Waals surface area contributed by atoms with Crippen molar-refractivity contribution in [3.8, 4) is 0 Å². The van der Waals surface area contributed by atoms with Gasteiger partial charge in [-0.25, -0.2) is 9.59 Å². The van der Waals surface area contributed by atoms with Gasteiger partial charge in [0.25, 0.3) is 0 Å². The summed E-state index contributed by atoms with van der Waals surface area (Å²) >= 11 is 0. The lowest BCUT2D eigenvalue weighted by molar-refractivity contribution is 0.0651. The van der Waals surface area contributed by atoms with E-state index in [2.05, 4.69) is 0 Å². The van der Waals surface area contributed by atoms with Gasteiger partial charge in [-0.1, -0.05) is 33.5 Å². The second-order valence-electron chi connectivity index (χ2n) is 6.18. The minimum Gasteiger partial charge on any atom is -0.478 e. The Labute approximate surface area is 131 Å². The van der Waals surface area contributed by atoms with Crippen LogP contribution >= 0.6 is 0 Å². The predicted molar refractivity (Wildman–Crippen MR) is 87.5 cm³/mol. The highest BCUT2D eigenvalue weighted by Gasteiger charge is 2.34. The van der Waals surface area contributed by atoms with E-state index in [0.717, 1.165) is 5.56 Å². The number of aromatic carboxylic acids is 2. The molecular formula is C16H22O5Si. The highest BCUT2D eigenvalue weighted by atomic mass is 28.3. The SMILES string of the molecule is CCc1c(C=O)c(C(=O)O)c(C(=O)O)c([Si](C)(C)C)c1CC. The van der Waals surface area contributed by atoms with E-state index >= 15 is 0 Å². The molecular weight excluding hydrogens is 300 g/mol. The van der Waals surface area contributed by atoms with Crippen molar-refractivity contribution in [3.63, 3.8) is 0 Å². The summed E-state index contributed by atoms with van der Waals surface area (Å²) in [6, 6.07) is 0. The van der Waals surface area contributed by atoms with Crippen LogP contribution in [0.15, 0.2) is 0 Å². The van der Waals surface area contributed by atoms with Crippen molar-refractivity contribution in [1.29, 1.82) is 0 Å². The molecule has 1 aromatic rings. The average Bonchev–Trinajstić information content (AvgIpc) is 2.42. The number of carbonyl (C=O) groups is 3. The maximum Gasteiger partial charge on any atom is 0.337 e. The van der Waals surface area contributed by atoms with Crippen LogP contribution in [0.1, 0.15) is 56.0 Å². The molecule has 0 amide bonds. The quantitative estimate of drug-likeness (QED) is 0.620. The van der Waals surface area contributed by atoms with Gasteiger partial charge in [0, 0.05) is 5.56 Å². The maximum atomic E-state index is 11.8. The van der Waals surface area contributed by atoms with Gasteiger partial charge in [-0.05, 0) is 29.2 Å². The van der Waals surface area contributed by atoms with Crippen molar-refractivity contribution >= 4 is 31.5 Å². The third kappa shape index (κ3) is 2.97. The first kappa shape index (κ1) is 18.1. The smallest absolute Gasteiger partial charge is 0.337 e. The van der Waals surface area contributed by atoms with E-state index in [1.807, 2.05) is 33.5 Å². The van der Waals surface area contributed by atoms with Crippen molar-refractivity contribution in [2.24, 2.45) is 0 Å². The van der Waals surface area contributed by atoms with Crippen LogP contribution < -0.4 is 5.19 Å². The third-order valence-electron chi connectivity index (χ3n) is 3.76. The molecule has 0 aliphatic heterocycles. The molecule has 1 rings (SSSR count). The van der Waals surface area contributed by atoms with E-state index in [-0.39, 0.29) is 16.7 Å². The Bertz CT molecular complexity index is 641. The molecule has 0 fully saturated rings. The zero-order valence-corrected chi connectivity index (χ0v) is 14.6. The minimum absolute atomic E-state index is 0.00579. The molecule has 120 valence electrons. The van der Waals surface area contributed by atoms with Crippen LogP contribution in [0.4, 0.5) is 0 Å². The third-order valence-corrected chi connectivity index (χ3v) is 5.81. The number of benzene rings is 1. The normalized spacial score (nSPS) is 11.3. The van der Waals surface area contributed by atoms with E-state index < -0.39 is 20.0 Å². The lowest BCUT2D eigenvalue weighted by atomic mass is 9.89. The molecule has 0 saturated heterocycles. The molecule has 1 aromatic carbocycles. The Balaban J connectivity index is 4.22. The molecule has 0 atom stereocenters. The van der Waals surface area contributed by atoms with Crippen molar-refractivity contribution in [3.05, 3.63) is 27.8 Å². The number of hydrogen-bond acceptors (Lipinski definition) is 3. The summed E-state index contributed by atoms with van der Waals surface area (Å²) in [4.78, 5) is 34.9. The molecule has 0 aliphatic rings. The highest BCUT2D eigenvalue weighted by molar-refractivity contribution is 6.90. The second-order valence-corrected chi connectivity index (χ2v) is 11.2. The Morgan fingerprint density at radius 1 is 0.955 bits per heavy atom. The molecule has 0 unspecified atom stereocenters. The number of carboxylic acid groups (broad SMARTS) is 2. The second kappa shape index (κ2) is 6.44. The molecule has 0 aliphatic carbocycles. The van der Waals surface area contributed by atoms with Gasteiger partial charge in [0.1, 0.15) is 0 Å². The number of aldehydes is 1. The van der Waals surface area contributed by atoms with Crippen LogP contribution in [0.5, 0.6) is 0 Å². The molecule has 0 aromatic heterocycles. The predicted octanol–water partition coefficient (Wildman–Crippen LogP) is 2.57. The molecule has 0 saturated carbocycles. The molecule has 0 radical (unpaired) electrons. The van der Waals surface area contributed by atoms with Gasteiger partial charge in [-0.3, -0.25) is 4.79 Å². The average molecular weight is 322 g/mol. The van der Waals surface area contributed by atoms with Crippen molar-refractivity contribution in [2.45, 2.75) is 46.3 Å². The van der Waals surface area contributed by atoms with Crippen LogP contribution in [0.3, 0.4) is 0 Å². The first-order valence-corrected chi connectivity index (χ1v) is 10.8. The summed E-state index contributed by atoms with van der Waals surface area (Å²) in [7, 11) is -2.13. The largest absolute Gasteiger partial charge is 0.478 e. The Kier molecular flexibility index (Phi) is 5.29. The van der Waals surface area contributed by atoms with Gasteiger partial charge < -0.3 is 10.2 Å². The topological polar surface area (TPSA) is 91.7 Å². The Morgan fingerprint density at radius 2 is 1.41 bits per heavy atom. The molecule has 5 nitrogen and oxygen atoms in total. The number of carboxylic acids is 2. The summed E-state index contributed by atoms with van der Waals surface area (Å²) < 4.78 is 0. The van der Waals surface area contributed by atoms with E-state index in [1.165, 1.54) is 0 Å². The van der Waals surface area contributed by atoms with Crippen LogP contribution in [0.25, 0.3) is 0 Å².